The predicted molar refractivity (Wildman–Crippen MR) is 109 cm³/mol. The van der Waals surface area contributed by atoms with Crippen LogP contribution in [0.1, 0.15) is 17.3 Å². The molecule has 0 aliphatic carbocycles. The Morgan fingerprint density at radius 1 is 0.893 bits per heavy atom. The Labute approximate surface area is 163 Å². The zero-order chi connectivity index (χ0) is 19.8. The Balaban J connectivity index is 1.59. The lowest BCUT2D eigenvalue weighted by Gasteiger charge is -2.12. The van der Waals surface area contributed by atoms with Crippen molar-refractivity contribution < 1.29 is 19.1 Å². The fourth-order valence-electron chi connectivity index (χ4n) is 2.70. The smallest absolute Gasteiger partial charge is 0.262 e. The van der Waals surface area contributed by atoms with E-state index in [2.05, 4.69) is 5.32 Å². The van der Waals surface area contributed by atoms with Crippen LogP contribution in [-0.4, -0.2) is 25.4 Å². The minimum Gasteiger partial charge on any atom is -0.490 e. The molecule has 0 atom stereocenters. The van der Waals surface area contributed by atoms with Crippen LogP contribution in [0.5, 0.6) is 11.5 Å². The third-order valence-electron chi connectivity index (χ3n) is 4.04. The van der Waals surface area contributed by atoms with Crippen molar-refractivity contribution in [1.82, 2.24) is 0 Å². The lowest BCUT2D eigenvalue weighted by atomic mass is 10.1. The number of ether oxygens (including phenoxy) is 2. The number of hydrogen-bond donors (Lipinski definition) is 1. The van der Waals surface area contributed by atoms with E-state index in [-0.39, 0.29) is 12.5 Å². The number of hydrogen-bond acceptors (Lipinski definition) is 4. The van der Waals surface area contributed by atoms with Gasteiger partial charge >= 0.3 is 0 Å². The molecule has 3 aromatic carbocycles. The van der Waals surface area contributed by atoms with Crippen LogP contribution >= 0.6 is 0 Å². The van der Waals surface area contributed by atoms with Gasteiger partial charge in [0.25, 0.3) is 5.91 Å². The van der Waals surface area contributed by atoms with Gasteiger partial charge in [-0.25, -0.2) is 0 Å². The van der Waals surface area contributed by atoms with Crippen LogP contribution in [0.2, 0.25) is 0 Å². The molecule has 28 heavy (non-hydrogen) atoms. The van der Waals surface area contributed by atoms with E-state index >= 15 is 0 Å². The van der Waals surface area contributed by atoms with Crippen molar-refractivity contribution in [2.75, 3.05) is 18.5 Å². The molecule has 0 aliphatic rings. The molecule has 0 aliphatic heterocycles. The van der Waals surface area contributed by atoms with E-state index < -0.39 is 0 Å². The molecule has 0 aromatic heterocycles. The minimum atomic E-state index is -0.283. The van der Waals surface area contributed by atoms with E-state index in [9.17, 15) is 9.59 Å². The second kappa shape index (κ2) is 9.37. The molecule has 0 radical (unpaired) electrons. The second-order valence-corrected chi connectivity index (χ2v) is 6.04. The Morgan fingerprint density at radius 2 is 1.61 bits per heavy atom. The second-order valence-electron chi connectivity index (χ2n) is 6.04. The molecule has 142 valence electrons. The van der Waals surface area contributed by atoms with Crippen molar-refractivity contribution in [3.8, 4) is 22.6 Å². The van der Waals surface area contributed by atoms with Gasteiger partial charge in [-0.05, 0) is 48.4 Å². The SMILES string of the molecule is CCOc1cc(C=O)ccc1OCC(=O)Nc1ccc(-c2ccccc2)cc1. The Bertz CT molecular complexity index is 937. The molecule has 0 unspecified atom stereocenters. The number of amides is 1. The minimum absolute atomic E-state index is 0.166. The van der Waals surface area contributed by atoms with Crippen molar-refractivity contribution in [3.63, 3.8) is 0 Å². The molecule has 5 heteroatoms. The molecule has 0 bridgehead atoms. The molecule has 3 aromatic rings. The number of aldehydes is 1. The lowest BCUT2D eigenvalue weighted by Crippen LogP contribution is -2.20. The summed E-state index contributed by atoms with van der Waals surface area (Å²) in [5.41, 5.74) is 3.37. The molecular weight excluding hydrogens is 354 g/mol. The van der Waals surface area contributed by atoms with Crippen LogP contribution in [0.15, 0.2) is 72.8 Å². The highest BCUT2D eigenvalue weighted by atomic mass is 16.5. The molecule has 1 amide bonds. The summed E-state index contributed by atoms with van der Waals surface area (Å²) in [6, 6.07) is 22.5. The third-order valence-corrected chi connectivity index (χ3v) is 4.04. The van der Waals surface area contributed by atoms with Crippen LogP contribution < -0.4 is 14.8 Å². The van der Waals surface area contributed by atoms with Gasteiger partial charge in [-0.2, -0.15) is 0 Å². The molecule has 0 spiro atoms. The number of nitrogens with one attached hydrogen (secondary N) is 1. The highest BCUT2D eigenvalue weighted by Gasteiger charge is 2.10. The summed E-state index contributed by atoms with van der Waals surface area (Å²) in [6.45, 7) is 2.10. The molecular formula is C23H21NO4. The van der Waals surface area contributed by atoms with Crippen LogP contribution in [0, 0.1) is 0 Å². The first kappa shape index (κ1) is 19.2. The van der Waals surface area contributed by atoms with Gasteiger partial charge in [0.15, 0.2) is 18.1 Å². The van der Waals surface area contributed by atoms with Crippen molar-refractivity contribution in [2.24, 2.45) is 0 Å². The fraction of sp³-hybridized carbons (Fsp3) is 0.130. The van der Waals surface area contributed by atoms with Crippen LogP contribution in [0.3, 0.4) is 0 Å². The summed E-state index contributed by atoms with van der Waals surface area (Å²) in [4.78, 5) is 23.1. The first-order chi connectivity index (χ1) is 13.7. The van der Waals surface area contributed by atoms with E-state index in [0.29, 0.717) is 29.4 Å². The Morgan fingerprint density at radius 3 is 2.29 bits per heavy atom. The van der Waals surface area contributed by atoms with Crippen molar-refractivity contribution >= 4 is 17.9 Å². The maximum atomic E-state index is 12.2. The first-order valence-electron chi connectivity index (χ1n) is 8.99. The standard InChI is InChI=1S/C23H21NO4/c1-2-27-22-14-17(15-25)8-13-21(22)28-16-23(26)24-20-11-9-19(10-12-20)18-6-4-3-5-7-18/h3-15H,2,16H2,1H3,(H,24,26). The van der Waals surface area contributed by atoms with Crippen molar-refractivity contribution in [3.05, 3.63) is 78.4 Å². The molecule has 0 saturated heterocycles. The van der Waals surface area contributed by atoms with Gasteiger partial charge in [0, 0.05) is 11.3 Å². The maximum Gasteiger partial charge on any atom is 0.262 e. The normalized spacial score (nSPS) is 10.2. The fourth-order valence-corrected chi connectivity index (χ4v) is 2.70. The number of carbonyl (C=O) groups is 2. The molecule has 1 N–H and O–H groups in total. The summed E-state index contributed by atoms with van der Waals surface area (Å²) in [5, 5.41) is 2.80. The van der Waals surface area contributed by atoms with E-state index in [1.165, 1.54) is 0 Å². The van der Waals surface area contributed by atoms with Gasteiger partial charge < -0.3 is 14.8 Å². The largest absolute Gasteiger partial charge is 0.490 e. The van der Waals surface area contributed by atoms with Crippen LogP contribution in [0.25, 0.3) is 11.1 Å². The zero-order valence-electron chi connectivity index (χ0n) is 15.6. The summed E-state index contributed by atoms with van der Waals surface area (Å²) < 4.78 is 11.0. The average Bonchev–Trinajstić information content (AvgIpc) is 2.74. The van der Waals surface area contributed by atoms with Gasteiger partial charge in [0.2, 0.25) is 0 Å². The average molecular weight is 375 g/mol. The van der Waals surface area contributed by atoms with Crippen molar-refractivity contribution in [2.45, 2.75) is 6.92 Å². The van der Waals surface area contributed by atoms with Gasteiger partial charge in [-0.3, -0.25) is 9.59 Å². The molecule has 0 saturated carbocycles. The van der Waals surface area contributed by atoms with Gasteiger partial charge in [0.05, 0.1) is 6.61 Å². The quantitative estimate of drug-likeness (QED) is 0.585. The first-order valence-corrected chi connectivity index (χ1v) is 8.99. The summed E-state index contributed by atoms with van der Waals surface area (Å²) in [6.07, 6.45) is 0.734. The van der Waals surface area contributed by atoms with E-state index in [1.54, 1.807) is 18.2 Å². The van der Waals surface area contributed by atoms with E-state index in [4.69, 9.17) is 9.47 Å². The van der Waals surface area contributed by atoms with Gasteiger partial charge in [-0.1, -0.05) is 42.5 Å². The molecule has 5 nitrogen and oxygen atoms in total. The van der Waals surface area contributed by atoms with Crippen molar-refractivity contribution in [1.29, 1.82) is 0 Å². The zero-order valence-corrected chi connectivity index (χ0v) is 15.6. The van der Waals surface area contributed by atoms with Gasteiger partial charge in [-0.15, -0.1) is 0 Å². The van der Waals surface area contributed by atoms with Gasteiger partial charge in [0.1, 0.15) is 6.29 Å². The number of anilines is 1. The topological polar surface area (TPSA) is 64.6 Å². The number of rotatable bonds is 8. The highest BCUT2D eigenvalue weighted by molar-refractivity contribution is 5.92. The third kappa shape index (κ3) is 4.98. The summed E-state index contributed by atoms with van der Waals surface area (Å²) in [5.74, 6) is 0.573. The Hall–Kier alpha value is -3.60. The number of benzene rings is 3. The van der Waals surface area contributed by atoms with Crippen LogP contribution in [-0.2, 0) is 4.79 Å². The lowest BCUT2D eigenvalue weighted by molar-refractivity contribution is -0.118. The predicted octanol–water partition coefficient (Wildman–Crippen LogP) is 4.58. The van der Waals surface area contributed by atoms with Crippen LogP contribution in [0.4, 0.5) is 5.69 Å². The monoisotopic (exact) mass is 375 g/mol. The van der Waals surface area contributed by atoms with E-state index in [1.807, 2.05) is 61.5 Å². The Kier molecular flexibility index (Phi) is 6.41. The molecule has 0 fully saturated rings. The summed E-state index contributed by atoms with van der Waals surface area (Å²) >= 11 is 0. The number of carbonyl (C=O) groups excluding carboxylic acids is 2. The summed E-state index contributed by atoms with van der Waals surface area (Å²) in [7, 11) is 0. The molecule has 3 rings (SSSR count). The van der Waals surface area contributed by atoms with E-state index in [0.717, 1.165) is 17.4 Å². The maximum absolute atomic E-state index is 12.2. The highest BCUT2D eigenvalue weighted by Crippen LogP contribution is 2.28. The molecule has 0 heterocycles.